The number of ether oxygens (including phenoxy) is 4. The topological polar surface area (TPSA) is 57.2 Å². The average Bonchev–Trinajstić information content (AvgIpc) is 2.44. The molecule has 1 aromatic rings. The second kappa shape index (κ2) is 7.09. The van der Waals surface area contributed by atoms with Gasteiger partial charge in [-0.1, -0.05) is 6.92 Å². The Hall–Kier alpha value is -1.62. The quantitative estimate of drug-likeness (QED) is 0.823. The summed E-state index contributed by atoms with van der Waals surface area (Å²) >= 11 is 0. The fourth-order valence-electron chi connectivity index (χ4n) is 1.75. The molecule has 108 valence electrons. The van der Waals surface area contributed by atoms with Gasteiger partial charge >= 0.3 is 0 Å². The summed E-state index contributed by atoms with van der Waals surface area (Å²) in [7, 11) is 4.64. The molecule has 0 radical (unpaired) electrons. The lowest BCUT2D eigenvalue weighted by molar-refractivity contribution is 0.0448. The number of aliphatic hydroxyl groups excluding tert-OH is 1. The third-order valence-corrected chi connectivity index (χ3v) is 2.92. The van der Waals surface area contributed by atoms with Gasteiger partial charge in [-0.05, 0) is 13.3 Å². The van der Waals surface area contributed by atoms with Gasteiger partial charge in [0.2, 0.25) is 5.75 Å². The highest BCUT2D eigenvalue weighted by molar-refractivity contribution is 5.55. The zero-order valence-electron chi connectivity index (χ0n) is 12.1. The Bertz CT molecular complexity index is 380. The Morgan fingerprint density at radius 2 is 1.58 bits per heavy atom. The summed E-state index contributed by atoms with van der Waals surface area (Å²) in [5.74, 6) is 2.13. The highest BCUT2D eigenvalue weighted by atomic mass is 16.5. The lowest BCUT2D eigenvalue weighted by Crippen LogP contribution is -2.27. The minimum atomic E-state index is -0.515. The molecule has 0 saturated carbocycles. The molecule has 1 N–H and O–H groups in total. The van der Waals surface area contributed by atoms with Crippen LogP contribution in [0.15, 0.2) is 12.1 Å². The monoisotopic (exact) mass is 270 g/mol. The minimum absolute atomic E-state index is 0.312. The fourth-order valence-corrected chi connectivity index (χ4v) is 1.75. The van der Waals surface area contributed by atoms with Crippen molar-refractivity contribution in [3.05, 3.63) is 12.1 Å². The molecule has 0 saturated heterocycles. The summed E-state index contributed by atoms with van der Waals surface area (Å²) in [6, 6.07) is 3.42. The van der Waals surface area contributed by atoms with Gasteiger partial charge in [-0.15, -0.1) is 0 Å². The molecule has 19 heavy (non-hydrogen) atoms. The van der Waals surface area contributed by atoms with Crippen molar-refractivity contribution < 1.29 is 24.1 Å². The van der Waals surface area contributed by atoms with Gasteiger partial charge in [0.1, 0.15) is 11.9 Å². The molecule has 2 atom stereocenters. The Kier molecular flexibility index (Phi) is 5.76. The van der Waals surface area contributed by atoms with E-state index in [9.17, 15) is 5.11 Å². The summed E-state index contributed by atoms with van der Waals surface area (Å²) < 4.78 is 21.4. The fraction of sp³-hybridized carbons (Fsp3) is 0.571. The zero-order chi connectivity index (χ0) is 14.4. The molecular weight excluding hydrogens is 248 g/mol. The predicted molar refractivity (Wildman–Crippen MR) is 72.5 cm³/mol. The summed E-state index contributed by atoms with van der Waals surface area (Å²) in [6.45, 7) is 3.72. The molecule has 0 aromatic heterocycles. The van der Waals surface area contributed by atoms with E-state index in [2.05, 4.69) is 0 Å². The summed E-state index contributed by atoms with van der Waals surface area (Å²) in [4.78, 5) is 0. The van der Waals surface area contributed by atoms with Crippen LogP contribution in [-0.2, 0) is 0 Å². The van der Waals surface area contributed by atoms with Crippen LogP contribution in [0.25, 0.3) is 0 Å². The van der Waals surface area contributed by atoms with Gasteiger partial charge < -0.3 is 24.1 Å². The standard InChI is InChI=1S/C14H22O5/c1-6-11(15)9(2)19-10-7-12(16-3)14(18-5)13(8-10)17-4/h7-9,11,15H,6H2,1-5H3. The van der Waals surface area contributed by atoms with E-state index in [1.807, 2.05) is 13.8 Å². The van der Waals surface area contributed by atoms with Crippen molar-refractivity contribution in [1.29, 1.82) is 0 Å². The molecule has 0 spiro atoms. The Morgan fingerprint density at radius 3 is 1.95 bits per heavy atom. The van der Waals surface area contributed by atoms with Crippen molar-refractivity contribution in [2.75, 3.05) is 21.3 Å². The van der Waals surface area contributed by atoms with E-state index < -0.39 is 6.10 Å². The van der Waals surface area contributed by atoms with Gasteiger partial charge in [-0.3, -0.25) is 0 Å². The SMILES string of the molecule is CCC(O)C(C)Oc1cc(OC)c(OC)c(OC)c1. The van der Waals surface area contributed by atoms with Gasteiger partial charge in [0.15, 0.2) is 11.5 Å². The molecular formula is C14H22O5. The van der Waals surface area contributed by atoms with Crippen LogP contribution in [0, 0.1) is 0 Å². The summed E-state index contributed by atoms with van der Waals surface area (Å²) in [5.41, 5.74) is 0. The first kappa shape index (κ1) is 15.4. The summed E-state index contributed by atoms with van der Waals surface area (Å²) in [6.07, 6.45) is -0.196. The molecule has 2 unspecified atom stereocenters. The van der Waals surface area contributed by atoms with Gasteiger partial charge in [-0.2, -0.15) is 0 Å². The second-order valence-corrected chi connectivity index (χ2v) is 4.16. The van der Waals surface area contributed by atoms with E-state index in [4.69, 9.17) is 18.9 Å². The maximum absolute atomic E-state index is 9.73. The van der Waals surface area contributed by atoms with Crippen LogP contribution in [0.2, 0.25) is 0 Å². The molecule has 0 amide bonds. The van der Waals surface area contributed by atoms with Crippen molar-refractivity contribution in [3.8, 4) is 23.0 Å². The van der Waals surface area contributed by atoms with Gasteiger partial charge in [-0.25, -0.2) is 0 Å². The second-order valence-electron chi connectivity index (χ2n) is 4.16. The lowest BCUT2D eigenvalue weighted by Gasteiger charge is -2.21. The van der Waals surface area contributed by atoms with Gasteiger partial charge in [0.25, 0.3) is 0 Å². The average molecular weight is 270 g/mol. The Morgan fingerprint density at radius 1 is 1.05 bits per heavy atom. The summed E-state index contributed by atoms with van der Waals surface area (Å²) in [5, 5.41) is 9.73. The van der Waals surface area contributed by atoms with Crippen molar-refractivity contribution in [1.82, 2.24) is 0 Å². The molecule has 5 nitrogen and oxygen atoms in total. The van der Waals surface area contributed by atoms with Crippen LogP contribution in [0.1, 0.15) is 20.3 Å². The predicted octanol–water partition coefficient (Wildman–Crippen LogP) is 2.25. The van der Waals surface area contributed by atoms with Crippen LogP contribution in [0.4, 0.5) is 0 Å². The molecule has 0 heterocycles. The molecule has 5 heteroatoms. The Labute approximate surface area is 114 Å². The van der Waals surface area contributed by atoms with E-state index in [0.29, 0.717) is 29.4 Å². The molecule has 0 fully saturated rings. The van der Waals surface area contributed by atoms with Crippen molar-refractivity contribution >= 4 is 0 Å². The highest BCUT2D eigenvalue weighted by Crippen LogP contribution is 2.41. The van der Waals surface area contributed by atoms with E-state index >= 15 is 0 Å². The van der Waals surface area contributed by atoms with E-state index in [1.54, 1.807) is 33.5 Å². The molecule has 0 aliphatic carbocycles. The first-order valence-corrected chi connectivity index (χ1v) is 6.22. The number of rotatable bonds is 7. The van der Waals surface area contributed by atoms with Gasteiger partial charge in [0.05, 0.1) is 27.4 Å². The van der Waals surface area contributed by atoms with Gasteiger partial charge in [0, 0.05) is 12.1 Å². The van der Waals surface area contributed by atoms with E-state index in [-0.39, 0.29) is 6.10 Å². The molecule has 0 aliphatic heterocycles. The van der Waals surface area contributed by atoms with Crippen molar-refractivity contribution in [3.63, 3.8) is 0 Å². The third kappa shape index (κ3) is 3.67. The van der Waals surface area contributed by atoms with Crippen LogP contribution >= 0.6 is 0 Å². The highest BCUT2D eigenvalue weighted by Gasteiger charge is 2.18. The number of aliphatic hydroxyl groups is 1. The van der Waals surface area contributed by atoms with E-state index in [1.165, 1.54) is 0 Å². The normalized spacial score (nSPS) is 13.6. The number of benzene rings is 1. The maximum atomic E-state index is 9.73. The van der Waals surface area contributed by atoms with Crippen molar-refractivity contribution in [2.24, 2.45) is 0 Å². The molecule has 0 aliphatic rings. The lowest BCUT2D eigenvalue weighted by atomic mass is 10.2. The minimum Gasteiger partial charge on any atom is -0.493 e. The van der Waals surface area contributed by atoms with Crippen molar-refractivity contribution in [2.45, 2.75) is 32.5 Å². The molecule has 1 aromatic carbocycles. The largest absolute Gasteiger partial charge is 0.493 e. The number of methoxy groups -OCH3 is 3. The molecule has 1 rings (SSSR count). The first-order chi connectivity index (χ1) is 9.07. The molecule has 0 bridgehead atoms. The number of hydrogen-bond acceptors (Lipinski definition) is 5. The van der Waals surface area contributed by atoms with Crippen LogP contribution in [-0.4, -0.2) is 38.6 Å². The van der Waals surface area contributed by atoms with E-state index in [0.717, 1.165) is 0 Å². The van der Waals surface area contributed by atoms with Crippen LogP contribution in [0.5, 0.6) is 23.0 Å². The first-order valence-electron chi connectivity index (χ1n) is 6.22. The van der Waals surface area contributed by atoms with Crippen LogP contribution in [0.3, 0.4) is 0 Å². The Balaban J connectivity index is 3.02. The third-order valence-electron chi connectivity index (χ3n) is 2.92. The number of hydrogen-bond donors (Lipinski definition) is 1. The smallest absolute Gasteiger partial charge is 0.203 e. The zero-order valence-corrected chi connectivity index (χ0v) is 12.1. The van der Waals surface area contributed by atoms with Crippen LogP contribution < -0.4 is 18.9 Å². The maximum Gasteiger partial charge on any atom is 0.203 e.